The van der Waals surface area contributed by atoms with Gasteiger partial charge in [0.05, 0.1) is 10.0 Å². The number of nitrogens with one attached hydrogen (secondary N) is 1. The van der Waals surface area contributed by atoms with Gasteiger partial charge < -0.3 is 29.7 Å². The number of carbonyl (C=O) groups excluding carboxylic acids is 3. The van der Waals surface area contributed by atoms with Gasteiger partial charge >= 0.3 is 12.1 Å². The first-order valence-corrected chi connectivity index (χ1v) is 17.8. The molecule has 0 aliphatic carbocycles. The largest absolute Gasteiger partial charge is 0.436 e. The molecule has 1 atom stereocenters. The van der Waals surface area contributed by atoms with E-state index >= 15 is 0 Å². The van der Waals surface area contributed by atoms with E-state index in [-0.39, 0.29) is 24.4 Å². The van der Waals surface area contributed by atoms with E-state index in [1.54, 1.807) is 17.0 Å². The molecule has 4 amide bonds. The van der Waals surface area contributed by atoms with Gasteiger partial charge in [-0.25, -0.2) is 9.59 Å². The third-order valence-corrected chi connectivity index (χ3v) is 11.1. The zero-order valence-electron chi connectivity index (χ0n) is 27.2. The van der Waals surface area contributed by atoms with Crippen LogP contribution in [0.2, 0.25) is 10.0 Å². The fourth-order valence-corrected chi connectivity index (χ4v) is 7.77. The Morgan fingerprint density at radius 3 is 2.23 bits per heavy atom. The number of rotatable bonds is 7. The van der Waals surface area contributed by atoms with Crippen LogP contribution in [-0.2, 0) is 22.4 Å². The molecule has 4 heterocycles. The third-order valence-electron chi connectivity index (χ3n) is 10.4. The Morgan fingerprint density at radius 2 is 1.53 bits per heavy atom. The number of hydrogen-bond acceptors (Lipinski definition) is 6. The number of halogens is 2. The maximum Gasteiger partial charge on any atom is 0.410 e. The van der Waals surface area contributed by atoms with Crippen LogP contribution in [0.3, 0.4) is 0 Å². The van der Waals surface area contributed by atoms with E-state index in [0.717, 1.165) is 68.8 Å². The molecule has 4 aliphatic heterocycles. The van der Waals surface area contributed by atoms with Crippen molar-refractivity contribution in [2.24, 2.45) is 0 Å². The molecule has 1 N–H and O–H groups in total. The van der Waals surface area contributed by atoms with Gasteiger partial charge in [0.2, 0.25) is 0 Å². The predicted molar refractivity (Wildman–Crippen MR) is 184 cm³/mol. The predicted octanol–water partition coefficient (Wildman–Crippen LogP) is 5.22. The summed E-state index contributed by atoms with van der Waals surface area (Å²) in [7, 11) is 0. The number of fused-ring (bicyclic) bond motifs is 1. The molecule has 47 heavy (non-hydrogen) atoms. The second-order valence-corrected chi connectivity index (χ2v) is 13.9. The van der Waals surface area contributed by atoms with E-state index in [1.165, 1.54) is 0 Å². The lowest BCUT2D eigenvalue weighted by atomic mass is 10.0. The van der Waals surface area contributed by atoms with Crippen molar-refractivity contribution >= 4 is 46.9 Å². The third kappa shape index (κ3) is 8.16. The first-order chi connectivity index (χ1) is 22.8. The molecule has 3 saturated heterocycles. The number of likely N-dealkylation sites (N-methyl/N-ethyl adjacent to an activating group) is 1. The van der Waals surface area contributed by atoms with Gasteiger partial charge in [0.25, 0.3) is 5.91 Å². The Morgan fingerprint density at radius 1 is 0.851 bits per heavy atom. The van der Waals surface area contributed by atoms with E-state index in [1.807, 2.05) is 40.1 Å². The van der Waals surface area contributed by atoms with E-state index in [9.17, 15) is 14.4 Å². The number of piperazine rings is 1. The van der Waals surface area contributed by atoms with Crippen LogP contribution in [0, 0.1) is 0 Å². The zero-order valence-corrected chi connectivity index (χ0v) is 28.7. The van der Waals surface area contributed by atoms with Crippen LogP contribution in [0.5, 0.6) is 0 Å². The SMILES string of the molecule is CCN1CCN(C2CCN(C(=O)C(Cc3ccc(Cl)c(Cl)c3)OC(=O)N3CCC(N4CCc5ccccc5NC4=O)CC3)CC2)CC1. The molecule has 10 nitrogen and oxygen atoms in total. The van der Waals surface area contributed by atoms with Gasteiger partial charge in [-0.15, -0.1) is 0 Å². The summed E-state index contributed by atoms with van der Waals surface area (Å²) in [5.74, 6) is -0.172. The van der Waals surface area contributed by atoms with Crippen LogP contribution in [0.4, 0.5) is 15.3 Å². The van der Waals surface area contributed by atoms with E-state index in [2.05, 4.69) is 22.0 Å². The molecule has 0 aromatic heterocycles. The summed E-state index contributed by atoms with van der Waals surface area (Å²) in [4.78, 5) is 51.0. The van der Waals surface area contributed by atoms with Crippen LogP contribution in [0.25, 0.3) is 0 Å². The number of amides is 4. The number of piperidine rings is 2. The minimum absolute atomic E-state index is 0.0215. The number of hydrogen-bond donors (Lipinski definition) is 1. The van der Waals surface area contributed by atoms with Crippen molar-refractivity contribution in [3.05, 3.63) is 63.6 Å². The number of anilines is 1. The summed E-state index contributed by atoms with van der Waals surface area (Å²) in [6, 6.07) is 13.5. The smallest absolute Gasteiger partial charge is 0.410 e. The Balaban J connectivity index is 1.06. The number of para-hydroxylation sites is 1. The van der Waals surface area contributed by atoms with Crippen molar-refractivity contribution in [1.82, 2.24) is 24.5 Å². The molecule has 3 fully saturated rings. The van der Waals surface area contributed by atoms with Crippen molar-refractivity contribution in [3.8, 4) is 0 Å². The second kappa shape index (κ2) is 15.4. The molecule has 6 rings (SSSR count). The summed E-state index contributed by atoms with van der Waals surface area (Å²) in [5.41, 5.74) is 2.76. The molecule has 1 unspecified atom stereocenters. The summed E-state index contributed by atoms with van der Waals surface area (Å²) in [5, 5.41) is 3.88. The maximum atomic E-state index is 14.0. The van der Waals surface area contributed by atoms with Crippen LogP contribution >= 0.6 is 23.2 Å². The minimum atomic E-state index is -0.975. The summed E-state index contributed by atoms with van der Waals surface area (Å²) in [6.07, 6.45) is 2.62. The highest BCUT2D eigenvalue weighted by Crippen LogP contribution is 2.27. The normalized spacial score (nSPS) is 21.2. The van der Waals surface area contributed by atoms with Crippen molar-refractivity contribution in [2.45, 2.75) is 63.6 Å². The standard InChI is InChI=1S/C35H46Cl2N6O4/c1-2-39-19-21-40(22-20-39)27-10-14-41(15-11-27)33(44)32(24-25-7-8-29(36)30(37)23-25)47-35(46)42-16-12-28(13-17-42)43-18-9-26-5-3-4-6-31(26)38-34(43)45/h3-8,23,27-28,32H,2,9-22,24H2,1H3,(H,38,45). The fraction of sp³-hybridized carbons (Fsp3) is 0.571. The molecular weight excluding hydrogens is 639 g/mol. The average molecular weight is 686 g/mol. The van der Waals surface area contributed by atoms with E-state index in [0.29, 0.717) is 61.7 Å². The molecule has 4 aliphatic rings. The first kappa shape index (κ1) is 33.8. The molecule has 0 radical (unpaired) electrons. The number of nitrogens with zero attached hydrogens (tertiary/aromatic N) is 5. The van der Waals surface area contributed by atoms with Gasteiger partial charge in [0.1, 0.15) is 0 Å². The number of ether oxygens (including phenoxy) is 1. The molecule has 254 valence electrons. The monoisotopic (exact) mass is 684 g/mol. The van der Waals surface area contributed by atoms with Crippen LogP contribution in [0.1, 0.15) is 43.7 Å². The average Bonchev–Trinajstić information content (AvgIpc) is 3.27. The molecular formula is C35H46Cl2N6O4. The quantitative estimate of drug-likeness (QED) is 0.430. The van der Waals surface area contributed by atoms with Crippen LogP contribution < -0.4 is 5.32 Å². The Bertz CT molecular complexity index is 1420. The van der Waals surface area contributed by atoms with Gasteiger partial charge in [0.15, 0.2) is 6.10 Å². The van der Waals surface area contributed by atoms with Crippen molar-refractivity contribution < 1.29 is 19.1 Å². The molecule has 0 saturated carbocycles. The Hall–Kier alpha value is -3.05. The highest BCUT2D eigenvalue weighted by atomic mass is 35.5. The second-order valence-electron chi connectivity index (χ2n) is 13.1. The summed E-state index contributed by atoms with van der Waals surface area (Å²) in [6.45, 7) is 10.4. The fourth-order valence-electron chi connectivity index (χ4n) is 7.45. The highest BCUT2D eigenvalue weighted by molar-refractivity contribution is 6.42. The number of likely N-dealkylation sites (tertiary alicyclic amines) is 2. The molecule has 0 bridgehead atoms. The Labute approximate surface area is 287 Å². The zero-order chi connectivity index (χ0) is 32.9. The van der Waals surface area contributed by atoms with Crippen molar-refractivity contribution in [3.63, 3.8) is 0 Å². The van der Waals surface area contributed by atoms with Crippen LogP contribution in [0.15, 0.2) is 42.5 Å². The van der Waals surface area contributed by atoms with Crippen molar-refractivity contribution in [1.29, 1.82) is 0 Å². The lowest BCUT2D eigenvalue weighted by Crippen LogP contribution is -2.55. The van der Waals surface area contributed by atoms with E-state index < -0.39 is 12.2 Å². The molecule has 2 aromatic carbocycles. The topological polar surface area (TPSA) is 88.7 Å². The number of carbonyl (C=O) groups is 3. The van der Waals surface area contributed by atoms with Gasteiger partial charge in [-0.1, -0.05) is 54.4 Å². The van der Waals surface area contributed by atoms with Crippen LogP contribution in [-0.4, -0.2) is 126 Å². The molecule has 12 heteroatoms. The lowest BCUT2D eigenvalue weighted by Gasteiger charge is -2.43. The summed E-state index contributed by atoms with van der Waals surface area (Å²) >= 11 is 12.5. The lowest BCUT2D eigenvalue weighted by molar-refractivity contribution is -0.142. The van der Waals surface area contributed by atoms with Crippen molar-refractivity contribution in [2.75, 3.05) is 70.8 Å². The van der Waals surface area contributed by atoms with Gasteiger partial charge in [-0.05, 0) is 68.0 Å². The molecule has 2 aromatic rings. The number of benzene rings is 2. The molecule has 0 spiro atoms. The first-order valence-electron chi connectivity index (χ1n) is 17.1. The summed E-state index contributed by atoms with van der Waals surface area (Å²) < 4.78 is 6.02. The maximum absolute atomic E-state index is 14.0. The number of urea groups is 1. The van der Waals surface area contributed by atoms with Gasteiger partial charge in [-0.2, -0.15) is 0 Å². The van der Waals surface area contributed by atoms with Gasteiger partial charge in [0, 0.05) is 83.1 Å². The highest BCUT2D eigenvalue weighted by Gasteiger charge is 2.36. The Kier molecular flexibility index (Phi) is 11.1. The van der Waals surface area contributed by atoms with Gasteiger partial charge in [-0.3, -0.25) is 9.69 Å². The minimum Gasteiger partial charge on any atom is -0.436 e. The van der Waals surface area contributed by atoms with E-state index in [4.69, 9.17) is 27.9 Å².